The van der Waals surface area contributed by atoms with Crippen LogP contribution in [0.15, 0.2) is 48.9 Å². The van der Waals surface area contributed by atoms with Gasteiger partial charge in [0.1, 0.15) is 11.8 Å². The number of nitrogen functional groups attached to an aromatic ring is 1. The predicted molar refractivity (Wildman–Crippen MR) is 97.1 cm³/mol. The summed E-state index contributed by atoms with van der Waals surface area (Å²) in [6.07, 6.45) is 4.69. The first-order chi connectivity index (χ1) is 13.1. The van der Waals surface area contributed by atoms with Gasteiger partial charge in [-0.15, -0.1) is 0 Å². The normalized spacial score (nSPS) is 10.1. The van der Waals surface area contributed by atoms with Gasteiger partial charge in [0.05, 0.1) is 31.7 Å². The number of rotatable bonds is 5. The lowest BCUT2D eigenvalue weighted by Crippen LogP contribution is -2.11. The maximum absolute atomic E-state index is 12.1. The average Bonchev–Trinajstić information content (AvgIpc) is 3.04. The third-order valence-electron chi connectivity index (χ3n) is 3.83. The molecule has 0 unspecified atom stereocenters. The van der Waals surface area contributed by atoms with Gasteiger partial charge in [-0.2, -0.15) is 5.26 Å². The number of anilines is 1. The van der Waals surface area contributed by atoms with Crippen LogP contribution in [0.5, 0.6) is 17.2 Å². The third kappa shape index (κ3) is 3.39. The summed E-state index contributed by atoms with van der Waals surface area (Å²) in [5, 5.41) is 9.22. The van der Waals surface area contributed by atoms with E-state index in [-0.39, 0.29) is 16.9 Å². The molecule has 3 rings (SSSR count). The molecule has 0 amide bonds. The molecule has 0 radical (unpaired) electrons. The number of hydrogen-bond acceptors (Lipinski definition) is 7. The molecular weight excluding hydrogens is 348 g/mol. The molecule has 0 bridgehead atoms. The van der Waals surface area contributed by atoms with Gasteiger partial charge in [0, 0.05) is 24.1 Å². The van der Waals surface area contributed by atoms with E-state index in [0.29, 0.717) is 22.9 Å². The number of nitriles is 1. The van der Waals surface area contributed by atoms with E-state index < -0.39 is 5.97 Å². The molecule has 2 heterocycles. The van der Waals surface area contributed by atoms with Crippen LogP contribution < -0.4 is 15.2 Å². The van der Waals surface area contributed by atoms with Gasteiger partial charge < -0.3 is 24.5 Å². The van der Waals surface area contributed by atoms with Crippen molar-refractivity contribution in [2.24, 2.45) is 0 Å². The summed E-state index contributed by atoms with van der Waals surface area (Å²) in [6.45, 7) is 0. The summed E-state index contributed by atoms with van der Waals surface area (Å²) in [5.74, 6) is 0.798. The lowest BCUT2D eigenvalue weighted by atomic mass is 10.2. The highest BCUT2D eigenvalue weighted by Crippen LogP contribution is 2.34. The molecule has 0 fully saturated rings. The Balaban J connectivity index is 2.06. The van der Waals surface area contributed by atoms with Crippen molar-refractivity contribution in [3.8, 4) is 29.0 Å². The summed E-state index contributed by atoms with van der Waals surface area (Å²) in [5.41, 5.74) is 6.77. The molecule has 0 saturated heterocycles. The highest BCUT2D eigenvalue weighted by atomic mass is 16.5. The molecule has 2 N–H and O–H groups in total. The first-order valence-electron chi connectivity index (χ1n) is 7.84. The summed E-state index contributed by atoms with van der Waals surface area (Å²) in [6, 6.07) is 10.5. The smallest absolute Gasteiger partial charge is 0.357 e. The van der Waals surface area contributed by atoms with Crippen LogP contribution in [0, 0.1) is 11.3 Å². The van der Waals surface area contributed by atoms with Crippen molar-refractivity contribution in [1.29, 1.82) is 5.26 Å². The Morgan fingerprint density at radius 2 is 2.07 bits per heavy atom. The molecule has 0 saturated carbocycles. The molecule has 0 aliphatic heterocycles. The molecule has 0 aliphatic rings. The number of carbonyl (C=O) groups is 1. The number of pyridine rings is 1. The Morgan fingerprint density at radius 1 is 1.26 bits per heavy atom. The molecule has 1 aromatic carbocycles. The molecule has 0 spiro atoms. The van der Waals surface area contributed by atoms with E-state index in [1.54, 1.807) is 42.7 Å². The Labute approximate surface area is 155 Å². The average molecular weight is 364 g/mol. The van der Waals surface area contributed by atoms with Crippen molar-refractivity contribution in [2.75, 3.05) is 20.0 Å². The van der Waals surface area contributed by atoms with E-state index in [2.05, 4.69) is 4.98 Å². The van der Waals surface area contributed by atoms with E-state index in [9.17, 15) is 10.1 Å². The van der Waals surface area contributed by atoms with Gasteiger partial charge in [0.15, 0.2) is 17.2 Å². The highest BCUT2D eigenvalue weighted by Gasteiger charge is 2.22. The number of aromatic nitrogens is 2. The number of methoxy groups -OCH3 is 2. The topological polar surface area (TPSA) is 112 Å². The molecule has 27 heavy (non-hydrogen) atoms. The summed E-state index contributed by atoms with van der Waals surface area (Å²) < 4.78 is 17.4. The first-order valence-corrected chi connectivity index (χ1v) is 7.84. The zero-order valence-electron chi connectivity index (χ0n) is 14.7. The minimum absolute atomic E-state index is 0.0546. The van der Waals surface area contributed by atoms with Crippen LogP contribution in [-0.2, 0) is 4.74 Å². The maximum Gasteiger partial charge on any atom is 0.357 e. The van der Waals surface area contributed by atoms with Gasteiger partial charge >= 0.3 is 5.97 Å². The number of carbonyl (C=O) groups excluding carboxylic acids is 1. The third-order valence-corrected chi connectivity index (χ3v) is 3.83. The van der Waals surface area contributed by atoms with Gasteiger partial charge in [-0.05, 0) is 24.3 Å². The van der Waals surface area contributed by atoms with E-state index in [1.165, 1.54) is 25.0 Å². The number of hydrogen-bond donors (Lipinski definition) is 1. The van der Waals surface area contributed by atoms with Gasteiger partial charge in [-0.25, -0.2) is 4.79 Å². The number of nitrogens with zero attached hydrogens (tertiary/aromatic N) is 3. The van der Waals surface area contributed by atoms with Gasteiger partial charge in [-0.1, -0.05) is 0 Å². The van der Waals surface area contributed by atoms with Crippen LogP contribution >= 0.6 is 0 Å². The second-order valence-corrected chi connectivity index (χ2v) is 5.40. The largest absolute Gasteiger partial charge is 0.493 e. The molecule has 136 valence electrons. The van der Waals surface area contributed by atoms with Crippen LogP contribution in [0.25, 0.3) is 5.69 Å². The van der Waals surface area contributed by atoms with E-state index in [0.717, 1.165) is 0 Å². The van der Waals surface area contributed by atoms with Crippen LogP contribution in [0.4, 0.5) is 5.69 Å². The van der Waals surface area contributed by atoms with Crippen molar-refractivity contribution in [3.63, 3.8) is 0 Å². The second-order valence-electron chi connectivity index (χ2n) is 5.40. The highest BCUT2D eigenvalue weighted by molar-refractivity contribution is 5.96. The Morgan fingerprint density at radius 3 is 2.70 bits per heavy atom. The zero-order valence-corrected chi connectivity index (χ0v) is 14.7. The van der Waals surface area contributed by atoms with Crippen molar-refractivity contribution < 1.29 is 19.0 Å². The molecule has 8 heteroatoms. The molecular formula is C19H16N4O4. The summed E-state index contributed by atoms with van der Waals surface area (Å²) in [4.78, 5) is 16.1. The number of nitrogens with two attached hydrogens (primary N) is 1. The number of benzene rings is 1. The lowest BCUT2D eigenvalue weighted by molar-refractivity contribution is 0.0593. The summed E-state index contributed by atoms with van der Waals surface area (Å²) in [7, 11) is 2.75. The number of esters is 1. The molecule has 3 aromatic rings. The molecule has 0 atom stereocenters. The van der Waals surface area contributed by atoms with Crippen LogP contribution in [-0.4, -0.2) is 29.7 Å². The second kappa shape index (κ2) is 7.49. The predicted octanol–water partition coefficient (Wildman–Crippen LogP) is 2.91. The fraction of sp³-hybridized carbons (Fsp3) is 0.105. The van der Waals surface area contributed by atoms with Crippen molar-refractivity contribution >= 4 is 11.7 Å². The van der Waals surface area contributed by atoms with Crippen LogP contribution in [0.3, 0.4) is 0 Å². The first kappa shape index (κ1) is 17.8. The van der Waals surface area contributed by atoms with E-state index in [4.69, 9.17) is 19.9 Å². The molecule has 2 aromatic heterocycles. The summed E-state index contributed by atoms with van der Waals surface area (Å²) >= 11 is 0. The SMILES string of the molecule is COC(=O)c1c(N)c(C#N)cn1-c1ccc(Oc2cccnc2)c(OC)c1. The minimum Gasteiger partial charge on any atom is -0.493 e. The van der Waals surface area contributed by atoms with Crippen LogP contribution in [0.2, 0.25) is 0 Å². The maximum atomic E-state index is 12.1. The molecule has 8 nitrogen and oxygen atoms in total. The van der Waals surface area contributed by atoms with E-state index in [1.807, 2.05) is 6.07 Å². The lowest BCUT2D eigenvalue weighted by Gasteiger charge is -2.13. The quantitative estimate of drug-likeness (QED) is 0.693. The fourth-order valence-corrected chi connectivity index (χ4v) is 2.54. The van der Waals surface area contributed by atoms with Gasteiger partial charge in [-0.3, -0.25) is 4.98 Å². The van der Waals surface area contributed by atoms with Crippen molar-refractivity contribution in [2.45, 2.75) is 0 Å². The van der Waals surface area contributed by atoms with Gasteiger partial charge in [0.25, 0.3) is 0 Å². The number of ether oxygens (including phenoxy) is 3. The van der Waals surface area contributed by atoms with Crippen molar-refractivity contribution in [3.05, 3.63) is 60.2 Å². The Kier molecular flexibility index (Phi) is 4.95. The molecule has 0 aliphatic carbocycles. The monoisotopic (exact) mass is 364 g/mol. The van der Waals surface area contributed by atoms with Crippen molar-refractivity contribution in [1.82, 2.24) is 9.55 Å². The minimum atomic E-state index is -0.649. The van der Waals surface area contributed by atoms with E-state index >= 15 is 0 Å². The Bertz CT molecular complexity index is 1020. The standard InChI is InChI=1S/C19H16N4O4/c1-25-16-8-13(5-6-15(16)27-14-4-3-7-22-10-14)23-11-12(9-20)17(21)18(23)19(24)26-2/h3-8,10-11H,21H2,1-2H3. The van der Waals surface area contributed by atoms with Crippen LogP contribution in [0.1, 0.15) is 16.1 Å². The fourth-order valence-electron chi connectivity index (χ4n) is 2.54. The zero-order chi connectivity index (χ0) is 19.4. The Hall–Kier alpha value is -3.99. The van der Waals surface area contributed by atoms with Gasteiger partial charge in [0.2, 0.25) is 0 Å².